The maximum absolute atomic E-state index is 11.7. The maximum Gasteiger partial charge on any atom is 0.183 e. The zero-order chi connectivity index (χ0) is 10.7. The summed E-state index contributed by atoms with van der Waals surface area (Å²) in [7, 11) is 0. The third-order valence-electron chi connectivity index (χ3n) is 1.75. The minimum atomic E-state index is 0.188. The maximum atomic E-state index is 11.7. The number of thiophene rings is 1. The van der Waals surface area contributed by atoms with Crippen molar-refractivity contribution >= 4 is 40.2 Å². The Morgan fingerprint density at radius 1 is 1.53 bits per heavy atom. The van der Waals surface area contributed by atoms with Crippen molar-refractivity contribution in [3.05, 3.63) is 33.5 Å². The fourth-order valence-electron chi connectivity index (χ4n) is 1.06. The van der Waals surface area contributed by atoms with Gasteiger partial charge in [0, 0.05) is 16.5 Å². The highest BCUT2D eigenvalue weighted by Gasteiger charge is 2.09. The number of rotatable bonds is 4. The van der Waals surface area contributed by atoms with Gasteiger partial charge in [0.1, 0.15) is 4.34 Å². The molecule has 2 heterocycles. The second kappa shape index (κ2) is 4.92. The number of Topliss-reactive ketones (excluding diaryl/α,β-unsaturated/α-hetero) is 1. The fourth-order valence-corrected chi connectivity index (χ4v) is 3.48. The number of aromatic nitrogens is 1. The summed E-state index contributed by atoms with van der Waals surface area (Å²) in [5, 5.41) is 1.92. The van der Waals surface area contributed by atoms with Gasteiger partial charge in [-0.05, 0) is 19.1 Å². The number of hydrogen-bond acceptors (Lipinski definition) is 5. The second-order valence-electron chi connectivity index (χ2n) is 2.92. The van der Waals surface area contributed by atoms with Gasteiger partial charge in [-0.3, -0.25) is 4.79 Å². The molecule has 78 valence electrons. The Balaban J connectivity index is 1.93. The summed E-state index contributed by atoms with van der Waals surface area (Å²) in [6, 6.07) is 3.87. The SMILES string of the molecule is Cc1ccc(C(=O)CSc2nccs2)s1. The first-order valence-electron chi connectivity index (χ1n) is 4.37. The molecule has 0 aliphatic heterocycles. The normalized spacial score (nSPS) is 10.5. The van der Waals surface area contributed by atoms with E-state index in [2.05, 4.69) is 4.98 Å². The Bertz CT molecular complexity index is 447. The monoisotopic (exact) mass is 255 g/mol. The van der Waals surface area contributed by atoms with Crippen molar-refractivity contribution in [2.45, 2.75) is 11.3 Å². The second-order valence-corrected chi connectivity index (χ2v) is 6.33. The van der Waals surface area contributed by atoms with Crippen LogP contribution in [-0.2, 0) is 0 Å². The molecule has 0 saturated carbocycles. The van der Waals surface area contributed by atoms with Crippen molar-refractivity contribution in [2.75, 3.05) is 5.75 Å². The van der Waals surface area contributed by atoms with Gasteiger partial charge in [-0.25, -0.2) is 4.98 Å². The summed E-state index contributed by atoms with van der Waals surface area (Å²) < 4.78 is 0.955. The van der Waals surface area contributed by atoms with Gasteiger partial charge in [0.2, 0.25) is 0 Å². The molecule has 0 radical (unpaired) electrons. The van der Waals surface area contributed by atoms with Crippen LogP contribution in [0, 0.1) is 6.92 Å². The molecule has 0 bridgehead atoms. The summed E-state index contributed by atoms with van der Waals surface area (Å²) in [5.41, 5.74) is 0. The molecule has 0 fully saturated rings. The molecule has 0 aliphatic carbocycles. The Morgan fingerprint density at radius 2 is 2.40 bits per heavy atom. The predicted octanol–water partition coefficient (Wildman–Crippen LogP) is 3.49. The lowest BCUT2D eigenvalue weighted by atomic mass is 10.3. The average Bonchev–Trinajstić information content (AvgIpc) is 2.84. The molecule has 0 amide bonds. The van der Waals surface area contributed by atoms with Crippen LogP contribution < -0.4 is 0 Å². The number of carbonyl (C=O) groups is 1. The summed E-state index contributed by atoms with van der Waals surface area (Å²) >= 11 is 4.63. The van der Waals surface area contributed by atoms with Gasteiger partial charge >= 0.3 is 0 Å². The smallest absolute Gasteiger partial charge is 0.183 e. The zero-order valence-electron chi connectivity index (χ0n) is 8.10. The van der Waals surface area contributed by atoms with E-state index in [0.717, 1.165) is 9.22 Å². The molecule has 2 nitrogen and oxygen atoms in total. The standard InChI is InChI=1S/C10H9NOS3/c1-7-2-3-9(15-7)8(12)6-14-10-11-4-5-13-10/h2-5H,6H2,1H3. The molecule has 0 unspecified atom stereocenters. The number of nitrogens with zero attached hydrogens (tertiary/aromatic N) is 1. The van der Waals surface area contributed by atoms with Crippen LogP contribution in [0.5, 0.6) is 0 Å². The Morgan fingerprint density at radius 3 is 3.00 bits per heavy atom. The molecule has 0 N–H and O–H groups in total. The van der Waals surface area contributed by atoms with E-state index in [4.69, 9.17) is 0 Å². The Hall–Kier alpha value is -0.650. The van der Waals surface area contributed by atoms with E-state index in [1.54, 1.807) is 28.9 Å². The first-order chi connectivity index (χ1) is 7.25. The fraction of sp³-hybridized carbons (Fsp3) is 0.200. The van der Waals surface area contributed by atoms with E-state index in [1.807, 2.05) is 24.4 Å². The van der Waals surface area contributed by atoms with E-state index in [-0.39, 0.29) is 5.78 Å². The number of thioether (sulfide) groups is 1. The lowest BCUT2D eigenvalue weighted by molar-refractivity contribution is 0.102. The van der Waals surface area contributed by atoms with Gasteiger partial charge in [-0.1, -0.05) is 11.8 Å². The van der Waals surface area contributed by atoms with Gasteiger partial charge < -0.3 is 0 Å². The van der Waals surface area contributed by atoms with Crippen molar-refractivity contribution in [1.29, 1.82) is 0 Å². The van der Waals surface area contributed by atoms with Gasteiger partial charge in [0.25, 0.3) is 0 Å². The van der Waals surface area contributed by atoms with Crippen LogP contribution in [0.25, 0.3) is 0 Å². The summed E-state index contributed by atoms with van der Waals surface area (Å²) in [6.45, 7) is 2.01. The summed E-state index contributed by atoms with van der Waals surface area (Å²) in [6.07, 6.45) is 1.76. The molecule has 5 heteroatoms. The quantitative estimate of drug-likeness (QED) is 0.619. The topological polar surface area (TPSA) is 30.0 Å². The predicted molar refractivity (Wildman–Crippen MR) is 66.2 cm³/mol. The first kappa shape index (κ1) is 10.9. The highest BCUT2D eigenvalue weighted by atomic mass is 32.2. The number of thiazole rings is 1. The van der Waals surface area contributed by atoms with Crippen LogP contribution >= 0.6 is 34.4 Å². The molecule has 2 aromatic heterocycles. The number of hydrogen-bond donors (Lipinski definition) is 0. The van der Waals surface area contributed by atoms with Crippen LogP contribution in [-0.4, -0.2) is 16.5 Å². The van der Waals surface area contributed by atoms with Crippen LogP contribution in [0.1, 0.15) is 14.5 Å². The lowest BCUT2D eigenvalue weighted by Crippen LogP contribution is -1.98. The largest absolute Gasteiger partial charge is 0.292 e. The minimum Gasteiger partial charge on any atom is -0.292 e. The van der Waals surface area contributed by atoms with E-state index in [0.29, 0.717) is 5.75 Å². The van der Waals surface area contributed by atoms with E-state index in [9.17, 15) is 4.79 Å². The van der Waals surface area contributed by atoms with Crippen LogP contribution in [0.3, 0.4) is 0 Å². The van der Waals surface area contributed by atoms with Crippen LogP contribution in [0.2, 0.25) is 0 Å². The van der Waals surface area contributed by atoms with Crippen molar-refractivity contribution in [3.8, 4) is 0 Å². The molecule has 0 aromatic carbocycles. The number of carbonyl (C=O) groups excluding carboxylic acids is 1. The summed E-state index contributed by atoms with van der Waals surface area (Å²) in [5.74, 6) is 0.668. The van der Waals surface area contributed by atoms with Gasteiger partial charge in [0.15, 0.2) is 5.78 Å². The van der Waals surface area contributed by atoms with Crippen molar-refractivity contribution in [3.63, 3.8) is 0 Å². The zero-order valence-corrected chi connectivity index (χ0v) is 10.5. The highest BCUT2D eigenvalue weighted by molar-refractivity contribution is 8.01. The van der Waals surface area contributed by atoms with E-state index < -0.39 is 0 Å². The third kappa shape index (κ3) is 2.90. The highest BCUT2D eigenvalue weighted by Crippen LogP contribution is 2.23. The van der Waals surface area contributed by atoms with Gasteiger partial charge in [0.05, 0.1) is 10.6 Å². The summed E-state index contributed by atoms with van der Waals surface area (Å²) in [4.78, 5) is 17.9. The van der Waals surface area contributed by atoms with Crippen molar-refractivity contribution in [1.82, 2.24) is 4.98 Å². The third-order valence-corrected chi connectivity index (χ3v) is 4.76. The number of ketones is 1. The molecular formula is C10H9NOS3. The molecule has 0 spiro atoms. The molecule has 2 rings (SSSR count). The van der Waals surface area contributed by atoms with Gasteiger partial charge in [-0.2, -0.15) is 0 Å². The number of aryl methyl sites for hydroxylation is 1. The van der Waals surface area contributed by atoms with E-state index in [1.165, 1.54) is 16.6 Å². The van der Waals surface area contributed by atoms with Crippen LogP contribution in [0.4, 0.5) is 0 Å². The average molecular weight is 255 g/mol. The van der Waals surface area contributed by atoms with Gasteiger partial charge in [-0.15, -0.1) is 22.7 Å². The molecular weight excluding hydrogens is 246 g/mol. The molecule has 15 heavy (non-hydrogen) atoms. The first-order valence-corrected chi connectivity index (χ1v) is 7.06. The lowest BCUT2D eigenvalue weighted by Gasteiger charge is -1.94. The van der Waals surface area contributed by atoms with Crippen molar-refractivity contribution < 1.29 is 4.79 Å². The molecule has 0 saturated heterocycles. The molecule has 0 aliphatic rings. The molecule has 0 atom stereocenters. The molecule has 2 aromatic rings. The van der Waals surface area contributed by atoms with Crippen LogP contribution in [0.15, 0.2) is 28.0 Å². The Labute approximate surface area is 100 Å². The Kier molecular flexibility index (Phi) is 3.56. The van der Waals surface area contributed by atoms with Crippen molar-refractivity contribution in [2.24, 2.45) is 0 Å². The van der Waals surface area contributed by atoms with E-state index >= 15 is 0 Å². The minimum absolute atomic E-state index is 0.188.